The number of amides is 2. The van der Waals surface area contributed by atoms with Crippen molar-refractivity contribution in [2.24, 2.45) is 11.8 Å². The number of nitrogens with zero attached hydrogens (tertiary/aromatic N) is 1. The maximum atomic E-state index is 12.3. The van der Waals surface area contributed by atoms with Gasteiger partial charge in [-0.3, -0.25) is 9.59 Å². The van der Waals surface area contributed by atoms with Gasteiger partial charge in [-0.15, -0.1) is 0 Å². The molecule has 2 fully saturated rings. The Morgan fingerprint density at radius 2 is 1.90 bits per heavy atom. The first-order chi connectivity index (χ1) is 9.31. The zero-order valence-electron chi connectivity index (χ0n) is 12.7. The molecule has 0 spiro atoms. The summed E-state index contributed by atoms with van der Waals surface area (Å²) in [5, 5.41) is 12.6. The third-order valence-electron chi connectivity index (χ3n) is 4.52. The van der Waals surface area contributed by atoms with Gasteiger partial charge in [-0.05, 0) is 46.5 Å². The largest absolute Gasteiger partial charge is 0.391 e. The van der Waals surface area contributed by atoms with E-state index in [-0.39, 0.29) is 23.7 Å². The number of piperidine rings is 1. The van der Waals surface area contributed by atoms with Gasteiger partial charge in [-0.2, -0.15) is 0 Å². The number of carbonyl (C=O) groups is 2. The van der Waals surface area contributed by atoms with Gasteiger partial charge in [0, 0.05) is 19.0 Å². The van der Waals surface area contributed by atoms with Crippen LogP contribution in [-0.4, -0.2) is 46.6 Å². The maximum absolute atomic E-state index is 12.3. The molecule has 0 bridgehead atoms. The van der Waals surface area contributed by atoms with Crippen molar-refractivity contribution >= 4 is 11.8 Å². The lowest BCUT2D eigenvalue weighted by Gasteiger charge is -2.35. The van der Waals surface area contributed by atoms with Gasteiger partial charge in [0.15, 0.2) is 0 Å². The number of carbonyl (C=O) groups excluding carboxylic acids is 2. The Hall–Kier alpha value is -1.10. The van der Waals surface area contributed by atoms with Crippen LogP contribution in [0.25, 0.3) is 0 Å². The smallest absolute Gasteiger partial charge is 0.225 e. The predicted molar refractivity (Wildman–Crippen MR) is 75.9 cm³/mol. The Balaban J connectivity index is 1.91. The van der Waals surface area contributed by atoms with Gasteiger partial charge < -0.3 is 15.3 Å². The molecule has 2 N–H and O–H groups in total. The van der Waals surface area contributed by atoms with Crippen LogP contribution in [0, 0.1) is 11.8 Å². The molecule has 1 saturated carbocycles. The SMILES string of the molecule is CC(O)C(C)(C)NC(=O)C1CCCN(C(=O)C2CC2)C1. The Morgan fingerprint density at radius 1 is 1.25 bits per heavy atom. The van der Waals surface area contributed by atoms with E-state index < -0.39 is 11.6 Å². The van der Waals surface area contributed by atoms with Crippen molar-refractivity contribution in [3.63, 3.8) is 0 Å². The van der Waals surface area contributed by atoms with Gasteiger partial charge in [0.2, 0.25) is 11.8 Å². The molecule has 5 heteroatoms. The second-order valence-electron chi connectivity index (χ2n) is 6.78. The number of hydrogen-bond acceptors (Lipinski definition) is 3. The van der Waals surface area contributed by atoms with Crippen molar-refractivity contribution < 1.29 is 14.7 Å². The summed E-state index contributed by atoms with van der Waals surface area (Å²) in [5.41, 5.74) is -0.639. The standard InChI is InChI=1S/C15H26N2O3/c1-10(18)15(2,3)16-13(19)12-5-4-8-17(9-12)14(20)11-6-7-11/h10-12,18H,4-9H2,1-3H3,(H,16,19). The van der Waals surface area contributed by atoms with Gasteiger partial charge in [0.05, 0.1) is 17.6 Å². The van der Waals surface area contributed by atoms with E-state index in [1.54, 1.807) is 6.92 Å². The summed E-state index contributed by atoms with van der Waals surface area (Å²) in [4.78, 5) is 26.2. The summed E-state index contributed by atoms with van der Waals surface area (Å²) in [7, 11) is 0. The van der Waals surface area contributed by atoms with E-state index in [4.69, 9.17) is 0 Å². The molecule has 2 unspecified atom stereocenters. The Kier molecular flexibility index (Phi) is 4.37. The molecule has 5 nitrogen and oxygen atoms in total. The number of hydrogen-bond donors (Lipinski definition) is 2. The lowest BCUT2D eigenvalue weighted by atomic mass is 9.93. The van der Waals surface area contributed by atoms with Crippen LogP contribution < -0.4 is 5.32 Å². The molecule has 0 aromatic rings. The fourth-order valence-corrected chi connectivity index (χ4v) is 2.50. The van der Waals surface area contributed by atoms with Crippen molar-refractivity contribution in [3.05, 3.63) is 0 Å². The second-order valence-corrected chi connectivity index (χ2v) is 6.78. The summed E-state index contributed by atoms with van der Waals surface area (Å²) in [6, 6.07) is 0. The molecule has 114 valence electrons. The third kappa shape index (κ3) is 3.51. The molecule has 2 rings (SSSR count). The van der Waals surface area contributed by atoms with Crippen molar-refractivity contribution in [3.8, 4) is 0 Å². The molecular formula is C15H26N2O3. The molecule has 1 aliphatic carbocycles. The van der Waals surface area contributed by atoms with Gasteiger partial charge in [0.1, 0.15) is 0 Å². The molecule has 0 aromatic carbocycles. The maximum Gasteiger partial charge on any atom is 0.225 e. The molecule has 2 aliphatic rings. The summed E-state index contributed by atoms with van der Waals surface area (Å²) in [5.74, 6) is 0.233. The summed E-state index contributed by atoms with van der Waals surface area (Å²) >= 11 is 0. The summed E-state index contributed by atoms with van der Waals surface area (Å²) in [6.07, 6.45) is 3.09. The average Bonchev–Trinajstić information content (AvgIpc) is 3.21. The van der Waals surface area contributed by atoms with Crippen LogP contribution in [0.1, 0.15) is 46.5 Å². The van der Waals surface area contributed by atoms with Crippen LogP contribution in [0.4, 0.5) is 0 Å². The van der Waals surface area contributed by atoms with E-state index in [1.165, 1.54) is 0 Å². The molecular weight excluding hydrogens is 256 g/mol. The monoisotopic (exact) mass is 282 g/mol. The summed E-state index contributed by atoms with van der Waals surface area (Å²) in [6.45, 7) is 6.59. The van der Waals surface area contributed by atoms with Gasteiger partial charge in [-0.25, -0.2) is 0 Å². The lowest BCUT2D eigenvalue weighted by molar-refractivity contribution is -0.137. The summed E-state index contributed by atoms with van der Waals surface area (Å²) < 4.78 is 0. The van der Waals surface area contributed by atoms with Crippen molar-refractivity contribution in [1.82, 2.24) is 10.2 Å². The first-order valence-corrected chi connectivity index (χ1v) is 7.60. The van der Waals surface area contributed by atoms with Gasteiger partial charge >= 0.3 is 0 Å². The van der Waals surface area contributed by atoms with Crippen LogP contribution in [0.3, 0.4) is 0 Å². The molecule has 0 radical (unpaired) electrons. The van der Waals surface area contributed by atoms with Crippen LogP contribution >= 0.6 is 0 Å². The molecule has 1 heterocycles. The van der Waals surface area contributed by atoms with E-state index in [0.29, 0.717) is 6.54 Å². The number of aliphatic hydroxyl groups is 1. The molecule has 1 aliphatic heterocycles. The highest BCUT2D eigenvalue weighted by Gasteiger charge is 2.37. The second kappa shape index (κ2) is 5.72. The Labute approximate surface area is 120 Å². The van der Waals surface area contributed by atoms with E-state index in [1.807, 2.05) is 18.7 Å². The van der Waals surface area contributed by atoms with Crippen LogP contribution in [0.2, 0.25) is 0 Å². The minimum absolute atomic E-state index is 0.0517. The average molecular weight is 282 g/mol. The minimum Gasteiger partial charge on any atom is -0.391 e. The number of nitrogens with one attached hydrogen (secondary N) is 1. The van der Waals surface area contributed by atoms with E-state index in [9.17, 15) is 14.7 Å². The number of rotatable bonds is 4. The zero-order valence-corrected chi connectivity index (χ0v) is 12.7. The topological polar surface area (TPSA) is 69.6 Å². The molecule has 0 aromatic heterocycles. The van der Waals surface area contributed by atoms with Gasteiger partial charge in [0.25, 0.3) is 0 Å². The molecule has 20 heavy (non-hydrogen) atoms. The first kappa shape index (κ1) is 15.3. The minimum atomic E-state index is -0.639. The fourth-order valence-electron chi connectivity index (χ4n) is 2.50. The van der Waals surface area contributed by atoms with Crippen molar-refractivity contribution in [1.29, 1.82) is 0 Å². The van der Waals surface area contributed by atoms with Crippen LogP contribution in [0.15, 0.2) is 0 Å². The highest BCUT2D eigenvalue weighted by atomic mass is 16.3. The lowest BCUT2D eigenvalue weighted by Crippen LogP contribution is -2.55. The van der Waals surface area contributed by atoms with E-state index in [2.05, 4.69) is 5.32 Å². The predicted octanol–water partition coefficient (Wildman–Crippen LogP) is 0.911. The zero-order chi connectivity index (χ0) is 14.9. The first-order valence-electron chi connectivity index (χ1n) is 7.60. The molecule has 1 saturated heterocycles. The quantitative estimate of drug-likeness (QED) is 0.805. The number of likely N-dealkylation sites (tertiary alicyclic amines) is 1. The van der Waals surface area contributed by atoms with Gasteiger partial charge in [-0.1, -0.05) is 0 Å². The Morgan fingerprint density at radius 3 is 2.45 bits per heavy atom. The van der Waals surface area contributed by atoms with E-state index >= 15 is 0 Å². The number of aliphatic hydroxyl groups excluding tert-OH is 1. The van der Waals surface area contributed by atoms with Crippen LogP contribution in [-0.2, 0) is 9.59 Å². The Bertz CT molecular complexity index is 389. The van der Waals surface area contributed by atoms with Crippen molar-refractivity contribution in [2.75, 3.05) is 13.1 Å². The molecule has 2 amide bonds. The highest BCUT2D eigenvalue weighted by Crippen LogP contribution is 2.32. The van der Waals surface area contributed by atoms with Crippen LogP contribution in [0.5, 0.6) is 0 Å². The third-order valence-corrected chi connectivity index (χ3v) is 4.52. The molecule has 2 atom stereocenters. The highest BCUT2D eigenvalue weighted by molar-refractivity contribution is 5.83. The van der Waals surface area contributed by atoms with E-state index in [0.717, 1.165) is 32.2 Å². The normalized spacial score (nSPS) is 25.2. The fraction of sp³-hybridized carbons (Fsp3) is 0.867. The van der Waals surface area contributed by atoms with Crippen molar-refractivity contribution in [2.45, 2.75) is 58.1 Å².